The lowest BCUT2D eigenvalue weighted by atomic mass is 10.1. The molecule has 0 aromatic carbocycles. The van der Waals surface area contributed by atoms with Crippen LogP contribution in [0.4, 0.5) is 0 Å². The van der Waals surface area contributed by atoms with E-state index >= 15 is 0 Å². The lowest BCUT2D eigenvalue weighted by molar-refractivity contribution is 0.169. The van der Waals surface area contributed by atoms with Crippen LogP contribution in [-0.4, -0.2) is 17.2 Å². The minimum Gasteiger partial charge on any atom is -0.496 e. The van der Waals surface area contributed by atoms with Crippen molar-refractivity contribution in [2.24, 2.45) is 0 Å². The van der Waals surface area contributed by atoms with Crippen molar-refractivity contribution in [3.63, 3.8) is 0 Å². The highest BCUT2D eigenvalue weighted by atomic mass is 16.5. The molecule has 12 heavy (non-hydrogen) atoms. The Hall–Kier alpha value is -1.09. The minimum atomic E-state index is -0.478. The van der Waals surface area contributed by atoms with Crippen LogP contribution in [0.2, 0.25) is 0 Å². The van der Waals surface area contributed by atoms with E-state index in [4.69, 9.17) is 4.74 Å². The quantitative estimate of drug-likeness (QED) is 0.742. The van der Waals surface area contributed by atoms with Gasteiger partial charge in [0.05, 0.1) is 13.2 Å². The van der Waals surface area contributed by atoms with Crippen LogP contribution in [0.15, 0.2) is 18.5 Å². The maximum absolute atomic E-state index is 9.52. The fraction of sp³-hybridized carbons (Fsp3) is 0.444. The third-order valence-corrected chi connectivity index (χ3v) is 1.78. The van der Waals surface area contributed by atoms with Crippen LogP contribution in [0, 0.1) is 0 Å². The fourth-order valence-electron chi connectivity index (χ4n) is 1.05. The summed E-state index contributed by atoms with van der Waals surface area (Å²) in [5.74, 6) is 0.694. The Morgan fingerprint density at radius 2 is 2.42 bits per heavy atom. The number of pyridine rings is 1. The summed E-state index contributed by atoms with van der Waals surface area (Å²) >= 11 is 0. The van der Waals surface area contributed by atoms with Crippen LogP contribution in [-0.2, 0) is 0 Å². The second-order valence-corrected chi connectivity index (χ2v) is 2.54. The molecule has 1 aromatic rings. The van der Waals surface area contributed by atoms with E-state index < -0.39 is 6.10 Å². The van der Waals surface area contributed by atoms with Crippen molar-refractivity contribution in [3.8, 4) is 5.75 Å². The molecule has 0 saturated carbocycles. The van der Waals surface area contributed by atoms with E-state index in [1.807, 2.05) is 6.92 Å². The Balaban J connectivity index is 2.96. The number of ether oxygens (including phenoxy) is 1. The zero-order valence-corrected chi connectivity index (χ0v) is 7.32. The zero-order valence-electron chi connectivity index (χ0n) is 7.32. The van der Waals surface area contributed by atoms with Gasteiger partial charge in [-0.05, 0) is 12.5 Å². The van der Waals surface area contributed by atoms with Crippen LogP contribution >= 0.6 is 0 Å². The van der Waals surface area contributed by atoms with E-state index in [0.29, 0.717) is 12.2 Å². The van der Waals surface area contributed by atoms with Gasteiger partial charge in [-0.15, -0.1) is 0 Å². The first kappa shape index (κ1) is 9.00. The van der Waals surface area contributed by atoms with Gasteiger partial charge in [-0.1, -0.05) is 6.92 Å². The molecular formula is C9H13NO2. The zero-order chi connectivity index (χ0) is 8.97. The molecule has 0 fully saturated rings. The summed E-state index contributed by atoms with van der Waals surface area (Å²) in [6.45, 7) is 1.91. The first-order chi connectivity index (χ1) is 5.79. The first-order valence-electron chi connectivity index (χ1n) is 3.95. The van der Waals surface area contributed by atoms with Gasteiger partial charge >= 0.3 is 0 Å². The fourth-order valence-corrected chi connectivity index (χ4v) is 1.05. The van der Waals surface area contributed by atoms with Crippen LogP contribution in [0.3, 0.4) is 0 Å². The summed E-state index contributed by atoms with van der Waals surface area (Å²) in [7, 11) is 1.58. The molecule has 0 aliphatic carbocycles. The largest absolute Gasteiger partial charge is 0.496 e. The van der Waals surface area contributed by atoms with Gasteiger partial charge in [0.2, 0.25) is 0 Å². The second kappa shape index (κ2) is 4.07. The molecule has 0 spiro atoms. The molecule has 0 bridgehead atoms. The third kappa shape index (κ3) is 1.74. The van der Waals surface area contributed by atoms with Crippen molar-refractivity contribution >= 4 is 0 Å². The second-order valence-electron chi connectivity index (χ2n) is 2.54. The Morgan fingerprint density at radius 3 is 3.00 bits per heavy atom. The molecular weight excluding hydrogens is 154 g/mol. The van der Waals surface area contributed by atoms with Crippen molar-refractivity contribution in [1.82, 2.24) is 4.98 Å². The maximum Gasteiger partial charge on any atom is 0.127 e. The standard InChI is InChI=1S/C9H13NO2/c1-3-8(11)7-6-10-5-4-9(7)12-2/h4-6,8,11H,3H2,1-2H3. The minimum absolute atomic E-state index is 0.478. The SMILES string of the molecule is CCC(O)c1cnccc1OC. The van der Waals surface area contributed by atoms with E-state index in [1.165, 1.54) is 0 Å². The summed E-state index contributed by atoms with van der Waals surface area (Å²) in [6.07, 6.45) is 3.47. The van der Waals surface area contributed by atoms with E-state index in [1.54, 1.807) is 25.6 Å². The molecule has 0 aliphatic rings. The molecule has 0 aliphatic heterocycles. The van der Waals surface area contributed by atoms with Gasteiger partial charge in [-0.3, -0.25) is 4.98 Å². The molecule has 1 atom stereocenters. The van der Waals surface area contributed by atoms with Crippen LogP contribution in [0.1, 0.15) is 25.0 Å². The molecule has 1 unspecified atom stereocenters. The number of hydrogen-bond donors (Lipinski definition) is 1. The summed E-state index contributed by atoms with van der Waals surface area (Å²) in [5.41, 5.74) is 0.752. The lowest BCUT2D eigenvalue weighted by Gasteiger charge is -2.11. The van der Waals surface area contributed by atoms with Crippen molar-refractivity contribution in [2.45, 2.75) is 19.4 Å². The van der Waals surface area contributed by atoms with Crippen molar-refractivity contribution < 1.29 is 9.84 Å². The molecule has 1 N–H and O–H groups in total. The maximum atomic E-state index is 9.52. The Bertz CT molecular complexity index is 250. The van der Waals surface area contributed by atoms with Gasteiger partial charge < -0.3 is 9.84 Å². The van der Waals surface area contributed by atoms with Gasteiger partial charge in [0, 0.05) is 18.0 Å². The molecule has 1 heterocycles. The van der Waals surface area contributed by atoms with Gasteiger partial charge in [-0.2, -0.15) is 0 Å². The number of nitrogens with zero attached hydrogens (tertiary/aromatic N) is 1. The van der Waals surface area contributed by atoms with E-state index in [-0.39, 0.29) is 0 Å². The highest BCUT2D eigenvalue weighted by molar-refractivity contribution is 5.31. The number of hydrogen-bond acceptors (Lipinski definition) is 3. The van der Waals surface area contributed by atoms with Gasteiger partial charge in [-0.25, -0.2) is 0 Å². The number of aromatic nitrogens is 1. The number of rotatable bonds is 3. The summed E-state index contributed by atoms with van der Waals surface area (Å²) in [5, 5.41) is 9.52. The Kier molecular flexibility index (Phi) is 3.05. The van der Waals surface area contributed by atoms with Gasteiger partial charge in [0.25, 0.3) is 0 Å². The molecule has 3 nitrogen and oxygen atoms in total. The molecule has 0 radical (unpaired) electrons. The summed E-state index contributed by atoms with van der Waals surface area (Å²) in [6, 6.07) is 1.74. The first-order valence-corrected chi connectivity index (χ1v) is 3.95. The third-order valence-electron chi connectivity index (χ3n) is 1.78. The van der Waals surface area contributed by atoms with Crippen LogP contribution < -0.4 is 4.74 Å². The average Bonchev–Trinajstić information content (AvgIpc) is 2.16. The lowest BCUT2D eigenvalue weighted by Crippen LogP contribution is -1.99. The Labute approximate surface area is 72.0 Å². The normalized spacial score (nSPS) is 12.6. The number of aliphatic hydroxyl groups excluding tert-OH is 1. The van der Waals surface area contributed by atoms with Crippen molar-refractivity contribution in [1.29, 1.82) is 0 Å². The van der Waals surface area contributed by atoms with Crippen molar-refractivity contribution in [3.05, 3.63) is 24.0 Å². The molecule has 1 rings (SSSR count). The smallest absolute Gasteiger partial charge is 0.127 e. The van der Waals surface area contributed by atoms with E-state index in [0.717, 1.165) is 5.56 Å². The van der Waals surface area contributed by atoms with E-state index in [9.17, 15) is 5.11 Å². The predicted molar refractivity (Wildman–Crippen MR) is 46.0 cm³/mol. The summed E-state index contributed by atoms with van der Waals surface area (Å²) < 4.78 is 5.07. The Morgan fingerprint density at radius 1 is 1.67 bits per heavy atom. The highest BCUT2D eigenvalue weighted by Crippen LogP contribution is 2.25. The summed E-state index contributed by atoms with van der Waals surface area (Å²) in [4.78, 5) is 3.92. The highest BCUT2D eigenvalue weighted by Gasteiger charge is 2.10. The topological polar surface area (TPSA) is 42.4 Å². The average molecular weight is 167 g/mol. The van der Waals surface area contributed by atoms with Gasteiger partial charge in [0.15, 0.2) is 0 Å². The molecule has 1 aromatic heterocycles. The number of methoxy groups -OCH3 is 1. The van der Waals surface area contributed by atoms with Crippen molar-refractivity contribution in [2.75, 3.05) is 7.11 Å². The molecule has 0 saturated heterocycles. The van der Waals surface area contributed by atoms with Crippen LogP contribution in [0.5, 0.6) is 5.75 Å². The monoisotopic (exact) mass is 167 g/mol. The predicted octanol–water partition coefficient (Wildman–Crippen LogP) is 1.53. The molecule has 0 amide bonds. The van der Waals surface area contributed by atoms with E-state index in [2.05, 4.69) is 4.98 Å². The van der Waals surface area contributed by atoms with Crippen LogP contribution in [0.25, 0.3) is 0 Å². The molecule has 3 heteroatoms. The molecule has 66 valence electrons. The number of aliphatic hydroxyl groups is 1. The van der Waals surface area contributed by atoms with Gasteiger partial charge in [0.1, 0.15) is 5.75 Å².